The summed E-state index contributed by atoms with van der Waals surface area (Å²) in [7, 11) is 0. The summed E-state index contributed by atoms with van der Waals surface area (Å²) in [6.45, 7) is 5.80. The Morgan fingerprint density at radius 2 is 2.10 bits per heavy atom. The van der Waals surface area contributed by atoms with E-state index in [1.807, 2.05) is 32.0 Å². The average molecular weight is 288 g/mol. The van der Waals surface area contributed by atoms with E-state index in [1.54, 1.807) is 13.0 Å². The lowest BCUT2D eigenvalue weighted by molar-refractivity contribution is -0.124. The second kappa shape index (κ2) is 6.05. The van der Waals surface area contributed by atoms with Gasteiger partial charge in [-0.25, -0.2) is 0 Å². The van der Waals surface area contributed by atoms with E-state index in [0.717, 1.165) is 0 Å². The molecule has 0 aliphatic carbocycles. The second-order valence-electron chi connectivity index (χ2n) is 5.24. The Hall–Kier alpha value is -2.21. The molecule has 112 valence electrons. The molecule has 0 radical (unpaired) electrons. The van der Waals surface area contributed by atoms with E-state index in [1.165, 1.54) is 0 Å². The fourth-order valence-electron chi connectivity index (χ4n) is 1.85. The van der Waals surface area contributed by atoms with Gasteiger partial charge in [0, 0.05) is 13.5 Å². The van der Waals surface area contributed by atoms with Crippen molar-refractivity contribution in [2.24, 2.45) is 11.1 Å². The number of benzene rings is 1. The maximum atomic E-state index is 12.4. The first kappa shape index (κ1) is 15.2. The zero-order valence-electron chi connectivity index (χ0n) is 12.5. The number of anilines is 1. The van der Waals surface area contributed by atoms with Gasteiger partial charge in [0.25, 0.3) is 0 Å². The van der Waals surface area contributed by atoms with E-state index < -0.39 is 5.41 Å². The van der Waals surface area contributed by atoms with Gasteiger partial charge in [-0.3, -0.25) is 4.79 Å². The number of nitrogens with zero attached hydrogens (tertiary/aromatic N) is 2. The molecular weight excluding hydrogens is 268 g/mol. The summed E-state index contributed by atoms with van der Waals surface area (Å²) in [6, 6.07) is 7.33. The number of aromatic nitrogens is 2. The number of hydrogen-bond donors (Lipinski definition) is 2. The Morgan fingerprint density at radius 3 is 2.67 bits per heavy atom. The van der Waals surface area contributed by atoms with E-state index >= 15 is 0 Å². The standard InChI is InChI=1S/C15H20N4O2/c1-4-15(3,9-16)14(20)17-12-8-6-5-7-11(12)13-19-18-10(2)21-13/h5-8H,4,9,16H2,1-3H3,(H,17,20). The Kier molecular flexibility index (Phi) is 4.37. The van der Waals surface area contributed by atoms with Crippen LogP contribution in [-0.4, -0.2) is 22.6 Å². The summed E-state index contributed by atoms with van der Waals surface area (Å²) >= 11 is 0. The van der Waals surface area contributed by atoms with Crippen LogP contribution in [0.25, 0.3) is 11.5 Å². The summed E-state index contributed by atoms with van der Waals surface area (Å²) in [5.74, 6) is 0.747. The first-order valence-corrected chi connectivity index (χ1v) is 6.91. The quantitative estimate of drug-likeness (QED) is 0.880. The highest BCUT2D eigenvalue weighted by atomic mass is 16.4. The number of aryl methyl sites for hydroxylation is 1. The number of rotatable bonds is 5. The number of nitrogens with one attached hydrogen (secondary N) is 1. The molecule has 0 bridgehead atoms. The molecular formula is C15H20N4O2. The van der Waals surface area contributed by atoms with E-state index in [0.29, 0.717) is 29.5 Å². The van der Waals surface area contributed by atoms with Crippen molar-refractivity contribution in [2.75, 3.05) is 11.9 Å². The Labute approximate surface area is 123 Å². The predicted octanol–water partition coefficient (Wildman–Crippen LogP) is 2.36. The molecule has 6 nitrogen and oxygen atoms in total. The van der Waals surface area contributed by atoms with Crippen LogP contribution in [0.4, 0.5) is 5.69 Å². The van der Waals surface area contributed by atoms with Crippen LogP contribution in [0.1, 0.15) is 26.2 Å². The molecule has 0 aliphatic heterocycles. The van der Waals surface area contributed by atoms with Gasteiger partial charge in [-0.05, 0) is 25.5 Å². The lowest BCUT2D eigenvalue weighted by Gasteiger charge is -2.25. The molecule has 0 aliphatic rings. The molecule has 21 heavy (non-hydrogen) atoms. The van der Waals surface area contributed by atoms with E-state index in [-0.39, 0.29) is 12.5 Å². The third-order valence-electron chi connectivity index (χ3n) is 3.71. The topological polar surface area (TPSA) is 94.0 Å². The van der Waals surface area contributed by atoms with Crippen molar-refractivity contribution in [3.05, 3.63) is 30.2 Å². The van der Waals surface area contributed by atoms with Gasteiger partial charge in [-0.15, -0.1) is 10.2 Å². The van der Waals surface area contributed by atoms with E-state index in [9.17, 15) is 4.79 Å². The van der Waals surface area contributed by atoms with Gasteiger partial charge in [-0.2, -0.15) is 0 Å². The van der Waals surface area contributed by atoms with Crippen LogP contribution in [0.15, 0.2) is 28.7 Å². The van der Waals surface area contributed by atoms with Crippen molar-refractivity contribution >= 4 is 11.6 Å². The highest BCUT2D eigenvalue weighted by molar-refractivity contribution is 5.98. The molecule has 6 heteroatoms. The molecule has 0 spiro atoms. The number of nitrogens with two attached hydrogens (primary N) is 1. The highest BCUT2D eigenvalue weighted by Gasteiger charge is 2.30. The van der Waals surface area contributed by atoms with Gasteiger partial charge >= 0.3 is 0 Å². The minimum absolute atomic E-state index is 0.115. The van der Waals surface area contributed by atoms with Gasteiger partial charge in [0.1, 0.15) is 0 Å². The van der Waals surface area contributed by atoms with Crippen LogP contribution in [-0.2, 0) is 4.79 Å². The predicted molar refractivity (Wildman–Crippen MR) is 80.6 cm³/mol. The fraction of sp³-hybridized carbons (Fsp3) is 0.400. The molecule has 0 saturated carbocycles. The molecule has 1 atom stereocenters. The van der Waals surface area contributed by atoms with Crippen LogP contribution < -0.4 is 11.1 Å². The van der Waals surface area contributed by atoms with Crippen LogP contribution in [0.3, 0.4) is 0 Å². The zero-order valence-corrected chi connectivity index (χ0v) is 12.5. The van der Waals surface area contributed by atoms with Crippen LogP contribution >= 0.6 is 0 Å². The molecule has 1 aromatic carbocycles. The minimum Gasteiger partial charge on any atom is -0.421 e. The number of carbonyl (C=O) groups is 1. The third kappa shape index (κ3) is 3.11. The normalized spacial score (nSPS) is 13.7. The van der Waals surface area contributed by atoms with Crippen molar-refractivity contribution in [1.82, 2.24) is 10.2 Å². The number of hydrogen-bond acceptors (Lipinski definition) is 5. The maximum Gasteiger partial charge on any atom is 0.249 e. The summed E-state index contributed by atoms with van der Waals surface area (Å²) in [5.41, 5.74) is 6.46. The van der Waals surface area contributed by atoms with Crippen molar-refractivity contribution in [2.45, 2.75) is 27.2 Å². The van der Waals surface area contributed by atoms with E-state index in [4.69, 9.17) is 10.2 Å². The summed E-state index contributed by atoms with van der Waals surface area (Å²) < 4.78 is 5.43. The molecule has 1 aromatic heterocycles. The number of para-hydroxylation sites is 1. The van der Waals surface area contributed by atoms with Gasteiger partial charge < -0.3 is 15.5 Å². The van der Waals surface area contributed by atoms with Crippen molar-refractivity contribution < 1.29 is 9.21 Å². The number of amides is 1. The summed E-state index contributed by atoms with van der Waals surface area (Å²) in [5, 5.41) is 10.7. The number of carbonyl (C=O) groups excluding carboxylic acids is 1. The molecule has 1 amide bonds. The minimum atomic E-state index is -0.599. The fourth-order valence-corrected chi connectivity index (χ4v) is 1.85. The summed E-state index contributed by atoms with van der Waals surface area (Å²) in [4.78, 5) is 12.4. The van der Waals surface area contributed by atoms with Crippen molar-refractivity contribution in [3.63, 3.8) is 0 Å². The van der Waals surface area contributed by atoms with Gasteiger partial charge in [0.05, 0.1) is 16.7 Å². The maximum absolute atomic E-state index is 12.4. The lowest BCUT2D eigenvalue weighted by atomic mass is 9.86. The van der Waals surface area contributed by atoms with Gasteiger partial charge in [0.15, 0.2) is 0 Å². The first-order valence-electron chi connectivity index (χ1n) is 6.91. The molecule has 1 unspecified atom stereocenters. The first-order chi connectivity index (χ1) is 10.00. The Balaban J connectivity index is 2.31. The molecule has 0 fully saturated rings. The molecule has 2 aromatic rings. The molecule has 3 N–H and O–H groups in total. The second-order valence-corrected chi connectivity index (χ2v) is 5.24. The summed E-state index contributed by atoms with van der Waals surface area (Å²) in [6.07, 6.45) is 0.664. The Bertz CT molecular complexity index is 632. The van der Waals surface area contributed by atoms with Gasteiger partial charge in [-0.1, -0.05) is 19.1 Å². The zero-order chi connectivity index (χ0) is 15.5. The third-order valence-corrected chi connectivity index (χ3v) is 3.71. The van der Waals surface area contributed by atoms with Crippen molar-refractivity contribution in [1.29, 1.82) is 0 Å². The van der Waals surface area contributed by atoms with E-state index in [2.05, 4.69) is 15.5 Å². The monoisotopic (exact) mass is 288 g/mol. The van der Waals surface area contributed by atoms with Crippen molar-refractivity contribution in [3.8, 4) is 11.5 Å². The Morgan fingerprint density at radius 1 is 1.38 bits per heavy atom. The molecule has 2 rings (SSSR count). The lowest BCUT2D eigenvalue weighted by Crippen LogP contribution is -2.39. The van der Waals surface area contributed by atoms with Crippen LogP contribution in [0, 0.1) is 12.3 Å². The smallest absolute Gasteiger partial charge is 0.249 e. The van der Waals surface area contributed by atoms with Crippen LogP contribution in [0.2, 0.25) is 0 Å². The van der Waals surface area contributed by atoms with Crippen LogP contribution in [0.5, 0.6) is 0 Å². The highest BCUT2D eigenvalue weighted by Crippen LogP contribution is 2.29. The average Bonchev–Trinajstić information content (AvgIpc) is 2.93. The molecule has 0 saturated heterocycles. The SMILES string of the molecule is CCC(C)(CN)C(=O)Nc1ccccc1-c1nnc(C)o1. The molecule has 1 heterocycles. The largest absolute Gasteiger partial charge is 0.421 e. The van der Waals surface area contributed by atoms with Gasteiger partial charge in [0.2, 0.25) is 17.7 Å².